The van der Waals surface area contributed by atoms with Crippen molar-refractivity contribution in [2.24, 2.45) is 0 Å². The van der Waals surface area contributed by atoms with E-state index in [0.29, 0.717) is 12.2 Å². The van der Waals surface area contributed by atoms with Crippen LogP contribution in [0.1, 0.15) is 22.5 Å². The van der Waals surface area contributed by atoms with Crippen molar-refractivity contribution in [3.8, 4) is 0 Å². The Labute approximate surface area is 129 Å². The number of hydrogen-bond donors (Lipinski definition) is 0. The van der Waals surface area contributed by atoms with Gasteiger partial charge in [-0.2, -0.15) is 18.3 Å². The van der Waals surface area contributed by atoms with Crippen LogP contribution in [0.15, 0.2) is 24.3 Å². The van der Waals surface area contributed by atoms with Gasteiger partial charge in [0.2, 0.25) is 5.69 Å². The van der Waals surface area contributed by atoms with Crippen LogP contribution in [0.5, 0.6) is 0 Å². The third-order valence-corrected chi connectivity index (χ3v) is 3.29. The maximum absolute atomic E-state index is 12.9. The summed E-state index contributed by atoms with van der Waals surface area (Å²) in [6.45, 7) is 1.68. The van der Waals surface area contributed by atoms with Crippen molar-refractivity contribution in [3.63, 3.8) is 0 Å². The molecule has 2 rings (SSSR count). The van der Waals surface area contributed by atoms with Crippen molar-refractivity contribution in [1.82, 2.24) is 9.78 Å². The van der Waals surface area contributed by atoms with Gasteiger partial charge in [0.25, 0.3) is 0 Å². The molecule has 0 aliphatic heterocycles. The number of ether oxygens (including phenoxy) is 1. The summed E-state index contributed by atoms with van der Waals surface area (Å²) in [6.07, 6.45) is -4.87. The lowest BCUT2D eigenvalue weighted by Gasteiger charge is -2.05. The largest absolute Gasteiger partial charge is 0.442 e. The molecule has 0 fully saturated rings. The van der Waals surface area contributed by atoms with Gasteiger partial charge >= 0.3 is 11.9 Å². The number of benzene rings is 1. The Bertz CT molecular complexity index is 709. The molecule has 23 heavy (non-hydrogen) atoms. The number of methoxy groups -OCH3 is 1. The first-order valence-corrected chi connectivity index (χ1v) is 6.59. The Morgan fingerprint density at radius 2 is 1.83 bits per heavy atom. The first-order chi connectivity index (χ1) is 10.7. The fourth-order valence-corrected chi connectivity index (χ4v) is 2.18. The molecule has 1 heterocycles. The zero-order valence-electron chi connectivity index (χ0n) is 12.4. The Hall–Kier alpha value is -2.42. The Morgan fingerprint density at radius 1 is 1.26 bits per heavy atom. The summed E-state index contributed by atoms with van der Waals surface area (Å²) in [6, 6.07) is 6.98. The average molecular weight is 329 g/mol. The second kappa shape index (κ2) is 6.37. The van der Waals surface area contributed by atoms with E-state index in [1.54, 1.807) is 31.4 Å². The number of alkyl halides is 3. The SMILES string of the molecule is COCc1ccc(Cn2nc(C(F)(F)F)c([N+](=O)[O-])c2C)cc1. The molecule has 9 heteroatoms. The van der Waals surface area contributed by atoms with Crippen LogP contribution in [0, 0.1) is 17.0 Å². The summed E-state index contributed by atoms with van der Waals surface area (Å²) in [7, 11) is 1.55. The Kier molecular flexibility index (Phi) is 4.69. The highest BCUT2D eigenvalue weighted by Crippen LogP contribution is 2.37. The van der Waals surface area contributed by atoms with Gasteiger partial charge in [-0.3, -0.25) is 14.8 Å². The van der Waals surface area contributed by atoms with Gasteiger partial charge in [0, 0.05) is 7.11 Å². The highest BCUT2D eigenvalue weighted by molar-refractivity contribution is 5.42. The topological polar surface area (TPSA) is 70.2 Å². The molecule has 0 bridgehead atoms. The lowest BCUT2D eigenvalue weighted by Crippen LogP contribution is -2.10. The molecule has 1 aromatic heterocycles. The average Bonchev–Trinajstić information content (AvgIpc) is 2.79. The standard InChI is InChI=1S/C14H14F3N3O3/c1-9-12(20(21)22)13(14(15,16)17)18-19(9)7-10-3-5-11(6-4-10)8-23-2/h3-6H,7-8H2,1-2H3. The molecule has 0 aliphatic rings. The third kappa shape index (κ3) is 3.67. The molecule has 0 N–H and O–H groups in total. The summed E-state index contributed by atoms with van der Waals surface area (Å²) in [4.78, 5) is 9.86. The van der Waals surface area contributed by atoms with E-state index in [1.165, 1.54) is 6.92 Å². The molecule has 0 amide bonds. The summed E-state index contributed by atoms with van der Waals surface area (Å²) < 4.78 is 44.6. The molecular weight excluding hydrogens is 315 g/mol. The van der Waals surface area contributed by atoms with Gasteiger partial charge < -0.3 is 4.74 Å². The number of hydrogen-bond acceptors (Lipinski definition) is 4. The van der Waals surface area contributed by atoms with Gasteiger partial charge in [-0.05, 0) is 18.1 Å². The highest BCUT2D eigenvalue weighted by atomic mass is 19.4. The van der Waals surface area contributed by atoms with Gasteiger partial charge in [0.1, 0.15) is 5.69 Å². The molecule has 0 unspecified atom stereocenters. The van der Waals surface area contributed by atoms with Crippen LogP contribution < -0.4 is 0 Å². The minimum atomic E-state index is -4.87. The predicted molar refractivity (Wildman–Crippen MR) is 74.9 cm³/mol. The third-order valence-electron chi connectivity index (χ3n) is 3.29. The van der Waals surface area contributed by atoms with E-state index in [9.17, 15) is 23.3 Å². The smallest absolute Gasteiger partial charge is 0.380 e. The fraction of sp³-hybridized carbons (Fsp3) is 0.357. The summed E-state index contributed by atoms with van der Waals surface area (Å²) in [5.74, 6) is 0. The Balaban J connectivity index is 2.35. The summed E-state index contributed by atoms with van der Waals surface area (Å²) in [5, 5.41) is 14.3. The molecule has 2 aromatic rings. The summed E-state index contributed by atoms with van der Waals surface area (Å²) in [5.41, 5.74) is -1.03. The molecule has 6 nitrogen and oxygen atoms in total. The van der Waals surface area contributed by atoms with Gasteiger partial charge in [0.05, 0.1) is 18.1 Å². The lowest BCUT2D eigenvalue weighted by molar-refractivity contribution is -0.388. The van der Waals surface area contributed by atoms with Crippen LogP contribution >= 0.6 is 0 Å². The minimum absolute atomic E-state index is 0.00994. The zero-order chi connectivity index (χ0) is 17.2. The van der Waals surface area contributed by atoms with E-state index in [1.807, 2.05) is 0 Å². The van der Waals surface area contributed by atoms with Crippen molar-refractivity contribution in [3.05, 3.63) is 56.9 Å². The second-order valence-corrected chi connectivity index (χ2v) is 4.94. The molecule has 0 aliphatic carbocycles. The van der Waals surface area contributed by atoms with Crippen LogP contribution in [0.2, 0.25) is 0 Å². The lowest BCUT2D eigenvalue weighted by atomic mass is 10.1. The zero-order valence-corrected chi connectivity index (χ0v) is 12.4. The van der Waals surface area contributed by atoms with Crippen molar-refractivity contribution in [2.75, 3.05) is 7.11 Å². The van der Waals surface area contributed by atoms with Gasteiger partial charge in [-0.1, -0.05) is 24.3 Å². The Morgan fingerprint density at radius 3 is 2.26 bits per heavy atom. The van der Waals surface area contributed by atoms with E-state index in [-0.39, 0.29) is 12.2 Å². The highest BCUT2D eigenvalue weighted by Gasteiger charge is 2.44. The number of aromatic nitrogens is 2. The second-order valence-electron chi connectivity index (χ2n) is 4.94. The number of rotatable bonds is 5. The van der Waals surface area contributed by atoms with Crippen LogP contribution in [0.3, 0.4) is 0 Å². The van der Waals surface area contributed by atoms with Gasteiger partial charge in [-0.15, -0.1) is 0 Å². The molecule has 0 saturated heterocycles. The van der Waals surface area contributed by atoms with Crippen molar-refractivity contribution < 1.29 is 22.8 Å². The van der Waals surface area contributed by atoms with Gasteiger partial charge in [0.15, 0.2) is 0 Å². The quantitative estimate of drug-likeness (QED) is 0.623. The van der Waals surface area contributed by atoms with Crippen LogP contribution in [0.25, 0.3) is 0 Å². The predicted octanol–water partition coefficient (Wildman–Crippen LogP) is 3.31. The number of halogens is 3. The first kappa shape index (κ1) is 16.9. The van der Waals surface area contributed by atoms with E-state index >= 15 is 0 Å². The maximum atomic E-state index is 12.9. The summed E-state index contributed by atoms with van der Waals surface area (Å²) >= 11 is 0. The fourth-order valence-electron chi connectivity index (χ4n) is 2.18. The monoisotopic (exact) mass is 329 g/mol. The van der Waals surface area contributed by atoms with E-state index < -0.39 is 22.5 Å². The molecule has 0 spiro atoms. The molecule has 0 radical (unpaired) electrons. The van der Waals surface area contributed by atoms with Crippen molar-refractivity contribution in [2.45, 2.75) is 26.3 Å². The van der Waals surface area contributed by atoms with Gasteiger partial charge in [-0.25, -0.2) is 0 Å². The molecular formula is C14H14F3N3O3. The molecule has 124 valence electrons. The molecule has 0 saturated carbocycles. The van der Waals surface area contributed by atoms with Crippen molar-refractivity contribution in [1.29, 1.82) is 0 Å². The normalized spacial score (nSPS) is 11.7. The number of nitro groups is 1. The van der Waals surface area contributed by atoms with Crippen molar-refractivity contribution >= 4 is 5.69 Å². The van der Waals surface area contributed by atoms with Crippen LogP contribution in [-0.2, 0) is 24.1 Å². The van der Waals surface area contributed by atoms with Crippen LogP contribution in [0.4, 0.5) is 18.9 Å². The molecule has 0 atom stereocenters. The van der Waals surface area contributed by atoms with Crippen LogP contribution in [-0.4, -0.2) is 21.8 Å². The minimum Gasteiger partial charge on any atom is -0.380 e. The first-order valence-electron chi connectivity index (χ1n) is 6.59. The maximum Gasteiger partial charge on any atom is 0.442 e. The number of nitrogens with zero attached hydrogens (tertiary/aromatic N) is 3. The van der Waals surface area contributed by atoms with E-state index in [0.717, 1.165) is 10.2 Å². The van der Waals surface area contributed by atoms with E-state index in [4.69, 9.17) is 4.74 Å². The molecule has 1 aromatic carbocycles. The van der Waals surface area contributed by atoms with E-state index in [2.05, 4.69) is 5.10 Å².